The molecule has 0 saturated heterocycles. The maximum atomic E-state index is 12.8. The second-order valence-corrected chi connectivity index (χ2v) is 7.04. The van der Waals surface area contributed by atoms with Crippen LogP contribution >= 0.6 is 0 Å². The molecule has 0 atom stereocenters. The van der Waals surface area contributed by atoms with Crippen molar-refractivity contribution in [2.75, 3.05) is 6.79 Å². The molecule has 2 N–H and O–H groups in total. The van der Waals surface area contributed by atoms with Gasteiger partial charge in [-0.05, 0) is 35.9 Å². The molecule has 170 valence electrons. The van der Waals surface area contributed by atoms with Crippen LogP contribution in [-0.2, 0) is 4.79 Å². The van der Waals surface area contributed by atoms with Gasteiger partial charge in [0.05, 0.1) is 11.1 Å². The quantitative estimate of drug-likeness (QED) is 0.242. The fraction of sp³-hybridized carbons (Fsp3) is 0.0417. The van der Waals surface area contributed by atoms with Crippen molar-refractivity contribution in [3.63, 3.8) is 0 Å². The topological polar surface area (TPSA) is 132 Å². The molecule has 10 nitrogen and oxygen atoms in total. The molecule has 2 amide bonds. The number of rotatable bonds is 7. The number of hydrogen-bond donors (Lipinski definition) is 2. The normalized spacial score (nSPS) is 12.4. The van der Waals surface area contributed by atoms with Crippen molar-refractivity contribution in [1.82, 2.24) is 10.7 Å². The van der Waals surface area contributed by atoms with E-state index >= 15 is 0 Å². The van der Waals surface area contributed by atoms with Crippen LogP contribution < -0.4 is 20.2 Å². The van der Waals surface area contributed by atoms with Gasteiger partial charge >= 0.3 is 0 Å². The molecule has 1 aliphatic heterocycles. The monoisotopic (exact) mass is 458 g/mol. The van der Waals surface area contributed by atoms with E-state index in [1.54, 1.807) is 54.6 Å². The summed E-state index contributed by atoms with van der Waals surface area (Å²) in [6.07, 6.45) is 2.74. The molecule has 3 aromatic carbocycles. The highest BCUT2D eigenvalue weighted by atomic mass is 16.7. The van der Waals surface area contributed by atoms with Gasteiger partial charge in [-0.2, -0.15) is 5.10 Å². The zero-order chi connectivity index (χ0) is 23.9. The lowest BCUT2D eigenvalue weighted by Crippen LogP contribution is -2.32. The van der Waals surface area contributed by atoms with Crippen LogP contribution in [0.15, 0.2) is 83.6 Å². The zero-order valence-electron chi connectivity index (χ0n) is 17.6. The van der Waals surface area contributed by atoms with Crippen molar-refractivity contribution in [2.45, 2.75) is 0 Å². The first-order valence-electron chi connectivity index (χ1n) is 10.1. The summed E-state index contributed by atoms with van der Waals surface area (Å²) >= 11 is 0. The number of nitro groups is 1. The average Bonchev–Trinajstić information content (AvgIpc) is 3.32. The molecule has 0 saturated carbocycles. The molecular weight excluding hydrogens is 440 g/mol. The van der Waals surface area contributed by atoms with Crippen molar-refractivity contribution >= 4 is 29.8 Å². The van der Waals surface area contributed by atoms with Gasteiger partial charge in [0.2, 0.25) is 6.79 Å². The molecule has 0 bridgehead atoms. The zero-order valence-corrected chi connectivity index (χ0v) is 17.6. The molecule has 10 heteroatoms. The second kappa shape index (κ2) is 10.1. The molecule has 0 spiro atoms. The number of benzene rings is 3. The van der Waals surface area contributed by atoms with E-state index in [1.165, 1.54) is 30.5 Å². The first-order chi connectivity index (χ1) is 16.5. The molecule has 3 aromatic rings. The van der Waals surface area contributed by atoms with Crippen molar-refractivity contribution in [1.29, 1.82) is 0 Å². The number of nitrogens with one attached hydrogen (secondary N) is 2. The SMILES string of the molecule is O=C(N/N=C/c1cccc([N+](=O)[O-])c1)/C(=C/c1ccc2c(c1)OCO2)NC(=O)c1ccccc1. The Bertz CT molecular complexity index is 1300. The molecule has 0 aromatic heterocycles. The largest absolute Gasteiger partial charge is 0.454 e. The predicted molar refractivity (Wildman–Crippen MR) is 123 cm³/mol. The number of nitro benzene ring substituents is 1. The average molecular weight is 458 g/mol. The van der Waals surface area contributed by atoms with E-state index in [0.717, 1.165) is 0 Å². The smallest absolute Gasteiger partial charge is 0.287 e. The van der Waals surface area contributed by atoms with E-state index in [9.17, 15) is 19.7 Å². The number of nitrogens with zero attached hydrogens (tertiary/aromatic N) is 2. The highest BCUT2D eigenvalue weighted by Gasteiger charge is 2.17. The molecule has 0 radical (unpaired) electrons. The summed E-state index contributed by atoms with van der Waals surface area (Å²) in [5.74, 6) is -0.0707. The van der Waals surface area contributed by atoms with Crippen molar-refractivity contribution in [2.24, 2.45) is 5.10 Å². The van der Waals surface area contributed by atoms with Gasteiger partial charge < -0.3 is 14.8 Å². The number of carbonyl (C=O) groups is 2. The summed E-state index contributed by atoms with van der Waals surface area (Å²) in [6, 6.07) is 19.3. The summed E-state index contributed by atoms with van der Waals surface area (Å²) in [7, 11) is 0. The van der Waals surface area contributed by atoms with Gasteiger partial charge in [-0.3, -0.25) is 19.7 Å². The predicted octanol–water partition coefficient (Wildman–Crippen LogP) is 3.24. The lowest BCUT2D eigenvalue weighted by Gasteiger charge is -2.09. The minimum absolute atomic E-state index is 0.0658. The van der Waals surface area contributed by atoms with E-state index in [0.29, 0.717) is 28.2 Å². The van der Waals surface area contributed by atoms with Crippen LogP contribution in [0.1, 0.15) is 21.5 Å². The number of hydrazone groups is 1. The van der Waals surface area contributed by atoms with Gasteiger partial charge in [-0.25, -0.2) is 5.43 Å². The number of carbonyl (C=O) groups excluding carboxylic acids is 2. The molecule has 0 aliphatic carbocycles. The van der Waals surface area contributed by atoms with Crippen LogP contribution in [0.2, 0.25) is 0 Å². The van der Waals surface area contributed by atoms with Crippen LogP contribution in [0, 0.1) is 10.1 Å². The maximum Gasteiger partial charge on any atom is 0.287 e. The number of amides is 2. The Labute approximate surface area is 193 Å². The standard InChI is InChI=1S/C24H18N4O6/c29-23(18-6-2-1-3-7-18)26-20(12-16-9-10-21-22(13-16)34-15-33-21)24(30)27-25-14-17-5-4-8-19(11-17)28(31)32/h1-14H,15H2,(H,26,29)(H,27,30)/b20-12-,25-14+. The van der Waals surface area contributed by atoms with Crippen molar-refractivity contribution in [3.05, 3.63) is 105 Å². The van der Waals surface area contributed by atoms with Gasteiger partial charge in [0, 0.05) is 23.3 Å². The van der Waals surface area contributed by atoms with Crippen LogP contribution in [0.4, 0.5) is 5.69 Å². The van der Waals surface area contributed by atoms with Crippen molar-refractivity contribution in [3.8, 4) is 11.5 Å². The summed E-state index contributed by atoms with van der Waals surface area (Å²) < 4.78 is 10.7. The minimum atomic E-state index is -0.691. The molecule has 1 aliphatic rings. The van der Waals surface area contributed by atoms with E-state index in [1.807, 2.05) is 0 Å². The number of hydrogen-bond acceptors (Lipinski definition) is 7. The van der Waals surface area contributed by atoms with Crippen LogP contribution in [0.3, 0.4) is 0 Å². The summed E-state index contributed by atoms with van der Waals surface area (Å²) in [5, 5.41) is 17.4. The summed E-state index contributed by atoms with van der Waals surface area (Å²) in [4.78, 5) is 35.9. The van der Waals surface area contributed by atoms with Crippen LogP contribution in [-0.4, -0.2) is 29.7 Å². The molecular formula is C24H18N4O6. The number of fused-ring (bicyclic) bond motifs is 1. The molecule has 1 heterocycles. The highest BCUT2D eigenvalue weighted by molar-refractivity contribution is 6.05. The van der Waals surface area contributed by atoms with Crippen LogP contribution in [0.5, 0.6) is 11.5 Å². The van der Waals surface area contributed by atoms with Gasteiger partial charge in [0.25, 0.3) is 17.5 Å². The number of ether oxygens (including phenoxy) is 2. The van der Waals surface area contributed by atoms with Gasteiger partial charge in [-0.15, -0.1) is 0 Å². The van der Waals surface area contributed by atoms with E-state index in [4.69, 9.17) is 9.47 Å². The van der Waals surface area contributed by atoms with E-state index in [2.05, 4.69) is 15.8 Å². The molecule has 34 heavy (non-hydrogen) atoms. The van der Waals surface area contributed by atoms with Gasteiger partial charge in [0.1, 0.15) is 5.70 Å². The third kappa shape index (κ3) is 5.43. The highest BCUT2D eigenvalue weighted by Crippen LogP contribution is 2.33. The van der Waals surface area contributed by atoms with Crippen molar-refractivity contribution < 1.29 is 24.0 Å². The van der Waals surface area contributed by atoms with E-state index < -0.39 is 16.7 Å². The molecule has 0 fully saturated rings. The van der Waals surface area contributed by atoms with Crippen LogP contribution in [0.25, 0.3) is 6.08 Å². The summed E-state index contributed by atoms with van der Waals surface area (Å²) in [5.41, 5.74) is 3.54. The van der Waals surface area contributed by atoms with E-state index in [-0.39, 0.29) is 18.2 Å². The van der Waals surface area contributed by atoms with Gasteiger partial charge in [-0.1, -0.05) is 36.4 Å². The Balaban J connectivity index is 1.55. The molecule has 0 unspecified atom stereocenters. The lowest BCUT2D eigenvalue weighted by molar-refractivity contribution is -0.384. The first kappa shape index (κ1) is 22.2. The number of non-ortho nitro benzene ring substituents is 1. The van der Waals surface area contributed by atoms with Gasteiger partial charge in [0.15, 0.2) is 11.5 Å². The third-order valence-electron chi connectivity index (χ3n) is 4.70. The first-order valence-corrected chi connectivity index (χ1v) is 10.1. The lowest BCUT2D eigenvalue weighted by atomic mass is 10.1. The molecule has 4 rings (SSSR count). The minimum Gasteiger partial charge on any atom is -0.454 e. The fourth-order valence-corrected chi connectivity index (χ4v) is 3.06. The Kier molecular flexibility index (Phi) is 6.59. The third-order valence-corrected chi connectivity index (χ3v) is 4.70. The summed E-state index contributed by atoms with van der Waals surface area (Å²) in [6.45, 7) is 0.104. The maximum absolute atomic E-state index is 12.8. The Hall–Kier alpha value is -4.99. The Morgan fingerprint density at radius 1 is 0.941 bits per heavy atom. The fourth-order valence-electron chi connectivity index (χ4n) is 3.06. The Morgan fingerprint density at radius 3 is 2.53 bits per heavy atom. The second-order valence-electron chi connectivity index (χ2n) is 7.04. The Morgan fingerprint density at radius 2 is 1.74 bits per heavy atom.